The first kappa shape index (κ1) is 21.0. The zero-order valence-corrected chi connectivity index (χ0v) is 17.9. The van der Waals surface area contributed by atoms with Crippen LogP contribution in [0.2, 0.25) is 0 Å². The van der Waals surface area contributed by atoms with Crippen molar-refractivity contribution < 1.29 is 19.1 Å². The minimum Gasteiger partial charge on any atom is -0.496 e. The van der Waals surface area contributed by atoms with Crippen molar-refractivity contribution in [3.63, 3.8) is 0 Å². The van der Waals surface area contributed by atoms with Crippen LogP contribution in [-0.4, -0.2) is 31.2 Å². The molecule has 0 radical (unpaired) electrons. The largest absolute Gasteiger partial charge is 0.496 e. The Balaban J connectivity index is 1.69. The standard InChI is InChI=1S/C21H22N2O4S2/c1-26-15-9-5-3-7-13(15)11-12-17(24)22-21(28)23-19-18(20(25)27-2)14-8-4-6-10-16(14)29-19/h3,5,7,9,11-12H,4,6,8,10H2,1-2H3,(H2,22,23,24,28). The van der Waals surface area contributed by atoms with Gasteiger partial charge in [0, 0.05) is 16.5 Å². The minimum absolute atomic E-state index is 0.128. The topological polar surface area (TPSA) is 76.7 Å². The molecule has 152 valence electrons. The molecule has 0 atom stereocenters. The van der Waals surface area contributed by atoms with Gasteiger partial charge < -0.3 is 14.8 Å². The molecule has 0 unspecified atom stereocenters. The molecule has 1 aliphatic carbocycles. The second-order valence-electron chi connectivity index (χ2n) is 6.43. The van der Waals surface area contributed by atoms with Crippen LogP contribution in [-0.2, 0) is 22.4 Å². The Bertz CT molecular complexity index is 966. The highest BCUT2D eigenvalue weighted by molar-refractivity contribution is 7.80. The number of carbonyl (C=O) groups is 2. The second-order valence-corrected chi connectivity index (χ2v) is 7.94. The van der Waals surface area contributed by atoms with Crippen molar-refractivity contribution in [3.05, 3.63) is 51.9 Å². The molecule has 6 nitrogen and oxygen atoms in total. The van der Waals surface area contributed by atoms with Crippen LogP contribution in [0.15, 0.2) is 30.3 Å². The number of thiocarbonyl (C=S) groups is 1. The number of methoxy groups -OCH3 is 2. The van der Waals surface area contributed by atoms with Crippen LogP contribution in [0.3, 0.4) is 0 Å². The Labute approximate surface area is 178 Å². The maximum Gasteiger partial charge on any atom is 0.341 e. The summed E-state index contributed by atoms with van der Waals surface area (Å²) in [6, 6.07) is 7.38. The van der Waals surface area contributed by atoms with E-state index in [9.17, 15) is 9.59 Å². The molecule has 1 heterocycles. The first-order chi connectivity index (χ1) is 14.0. The van der Waals surface area contributed by atoms with Gasteiger partial charge in [-0.15, -0.1) is 11.3 Å². The molecule has 8 heteroatoms. The maximum absolute atomic E-state index is 12.3. The Morgan fingerprint density at radius 3 is 2.69 bits per heavy atom. The Kier molecular flexibility index (Phi) is 7.00. The highest BCUT2D eigenvalue weighted by Gasteiger charge is 2.26. The first-order valence-electron chi connectivity index (χ1n) is 9.19. The number of benzene rings is 1. The van der Waals surface area contributed by atoms with Crippen molar-refractivity contribution in [2.24, 2.45) is 0 Å². The average molecular weight is 431 g/mol. The summed E-state index contributed by atoms with van der Waals surface area (Å²) in [5.74, 6) is -0.101. The van der Waals surface area contributed by atoms with Gasteiger partial charge in [-0.2, -0.15) is 0 Å². The molecule has 0 saturated carbocycles. The van der Waals surface area contributed by atoms with E-state index >= 15 is 0 Å². The zero-order valence-electron chi connectivity index (χ0n) is 16.2. The smallest absolute Gasteiger partial charge is 0.341 e. The summed E-state index contributed by atoms with van der Waals surface area (Å²) in [6.07, 6.45) is 6.96. The van der Waals surface area contributed by atoms with Gasteiger partial charge in [0.2, 0.25) is 5.91 Å². The molecule has 0 spiro atoms. The molecule has 2 N–H and O–H groups in total. The van der Waals surface area contributed by atoms with E-state index in [2.05, 4.69) is 10.6 Å². The molecule has 1 amide bonds. The van der Waals surface area contributed by atoms with E-state index in [1.165, 1.54) is 29.4 Å². The van der Waals surface area contributed by atoms with Gasteiger partial charge >= 0.3 is 5.97 Å². The Morgan fingerprint density at radius 1 is 1.17 bits per heavy atom. The van der Waals surface area contributed by atoms with Crippen LogP contribution in [0.25, 0.3) is 6.08 Å². The molecular weight excluding hydrogens is 408 g/mol. The van der Waals surface area contributed by atoms with Crippen molar-refractivity contribution in [1.29, 1.82) is 0 Å². The van der Waals surface area contributed by atoms with E-state index in [1.807, 2.05) is 24.3 Å². The van der Waals surface area contributed by atoms with E-state index in [0.29, 0.717) is 16.3 Å². The lowest BCUT2D eigenvalue weighted by atomic mass is 9.95. The number of rotatable bonds is 5. The predicted octanol–water partition coefficient (Wildman–Crippen LogP) is 3.95. The van der Waals surface area contributed by atoms with Crippen LogP contribution < -0.4 is 15.4 Å². The number of hydrogen-bond donors (Lipinski definition) is 2. The lowest BCUT2D eigenvalue weighted by Crippen LogP contribution is -2.33. The van der Waals surface area contributed by atoms with E-state index < -0.39 is 5.97 Å². The highest BCUT2D eigenvalue weighted by atomic mass is 32.1. The van der Waals surface area contributed by atoms with Gasteiger partial charge in [0.05, 0.1) is 19.8 Å². The van der Waals surface area contributed by atoms with Crippen LogP contribution in [0.4, 0.5) is 5.00 Å². The van der Waals surface area contributed by atoms with Crippen LogP contribution in [0.1, 0.15) is 39.2 Å². The Morgan fingerprint density at radius 2 is 1.93 bits per heavy atom. The quantitative estimate of drug-likeness (QED) is 0.425. The third kappa shape index (κ3) is 5.02. The molecule has 1 aliphatic rings. The van der Waals surface area contributed by atoms with Crippen molar-refractivity contribution >= 4 is 51.6 Å². The number of para-hydroxylation sites is 1. The van der Waals surface area contributed by atoms with Crippen molar-refractivity contribution in [2.45, 2.75) is 25.7 Å². The SMILES string of the molecule is COC(=O)c1c(NC(=S)NC(=O)C=Cc2ccccc2OC)sc2c1CCCC2. The maximum atomic E-state index is 12.3. The van der Waals surface area contributed by atoms with Crippen LogP contribution in [0.5, 0.6) is 5.75 Å². The number of carbonyl (C=O) groups excluding carboxylic acids is 2. The molecular formula is C21H22N2O4S2. The van der Waals surface area contributed by atoms with Gasteiger partial charge in [-0.3, -0.25) is 10.1 Å². The summed E-state index contributed by atoms with van der Waals surface area (Å²) in [5, 5.41) is 6.34. The summed E-state index contributed by atoms with van der Waals surface area (Å²) in [7, 11) is 2.94. The van der Waals surface area contributed by atoms with Crippen LogP contribution >= 0.6 is 23.6 Å². The van der Waals surface area contributed by atoms with E-state index in [-0.39, 0.29) is 11.0 Å². The fourth-order valence-corrected chi connectivity index (χ4v) is 4.78. The summed E-state index contributed by atoms with van der Waals surface area (Å²) < 4.78 is 10.2. The normalized spacial score (nSPS) is 12.9. The minimum atomic E-state index is -0.392. The van der Waals surface area contributed by atoms with Crippen LogP contribution in [0, 0.1) is 0 Å². The summed E-state index contributed by atoms with van der Waals surface area (Å²) >= 11 is 6.76. The molecule has 0 saturated heterocycles. The van der Waals surface area contributed by atoms with Crippen molar-refractivity contribution in [1.82, 2.24) is 5.32 Å². The number of aryl methyl sites for hydroxylation is 1. The third-order valence-corrected chi connectivity index (χ3v) is 5.99. The lowest BCUT2D eigenvalue weighted by molar-refractivity contribution is -0.115. The third-order valence-electron chi connectivity index (χ3n) is 4.58. The van der Waals surface area contributed by atoms with Gasteiger partial charge in [-0.05, 0) is 55.6 Å². The molecule has 0 bridgehead atoms. The predicted molar refractivity (Wildman–Crippen MR) is 119 cm³/mol. The fraction of sp³-hybridized carbons (Fsp3) is 0.286. The van der Waals surface area contributed by atoms with E-state index in [1.54, 1.807) is 13.2 Å². The molecule has 0 aliphatic heterocycles. The number of ether oxygens (including phenoxy) is 2. The van der Waals surface area contributed by atoms with E-state index in [4.69, 9.17) is 21.7 Å². The molecule has 0 fully saturated rings. The van der Waals surface area contributed by atoms with Gasteiger partial charge in [-0.25, -0.2) is 4.79 Å². The summed E-state index contributed by atoms with van der Waals surface area (Å²) in [5.41, 5.74) is 2.33. The van der Waals surface area contributed by atoms with E-state index in [0.717, 1.165) is 36.8 Å². The Hall–Kier alpha value is -2.71. The fourth-order valence-electron chi connectivity index (χ4n) is 3.23. The monoisotopic (exact) mass is 430 g/mol. The van der Waals surface area contributed by atoms with Gasteiger partial charge in [-0.1, -0.05) is 18.2 Å². The van der Waals surface area contributed by atoms with Gasteiger partial charge in [0.15, 0.2) is 5.11 Å². The summed E-state index contributed by atoms with van der Waals surface area (Å²) in [6.45, 7) is 0. The molecule has 1 aromatic heterocycles. The molecule has 29 heavy (non-hydrogen) atoms. The number of esters is 1. The number of fused-ring (bicyclic) bond motifs is 1. The summed E-state index contributed by atoms with van der Waals surface area (Å²) in [4.78, 5) is 25.7. The number of hydrogen-bond acceptors (Lipinski definition) is 6. The molecule has 3 rings (SSSR count). The number of thiophene rings is 1. The van der Waals surface area contributed by atoms with Crippen molar-refractivity contribution in [3.8, 4) is 5.75 Å². The highest BCUT2D eigenvalue weighted by Crippen LogP contribution is 2.38. The zero-order chi connectivity index (χ0) is 20.8. The first-order valence-corrected chi connectivity index (χ1v) is 10.4. The number of nitrogens with one attached hydrogen (secondary N) is 2. The molecule has 2 aromatic rings. The van der Waals surface area contributed by atoms with Gasteiger partial charge in [0.25, 0.3) is 0 Å². The molecule has 1 aromatic carbocycles. The average Bonchev–Trinajstić information content (AvgIpc) is 3.09. The van der Waals surface area contributed by atoms with Crippen molar-refractivity contribution in [2.75, 3.05) is 19.5 Å². The number of amides is 1. The number of anilines is 1. The van der Waals surface area contributed by atoms with Gasteiger partial charge in [0.1, 0.15) is 10.8 Å². The second kappa shape index (κ2) is 9.67. The lowest BCUT2D eigenvalue weighted by Gasteiger charge is -2.12.